The topological polar surface area (TPSA) is 39.1 Å². The van der Waals surface area contributed by atoms with Crippen LogP contribution in [0.1, 0.15) is 12.1 Å². The lowest BCUT2D eigenvalue weighted by molar-refractivity contribution is 0.263. The summed E-state index contributed by atoms with van der Waals surface area (Å²) < 4.78 is 7.68. The highest BCUT2D eigenvalue weighted by Gasteiger charge is 2.09. The Bertz CT molecular complexity index is 524. The molecule has 20 heavy (non-hydrogen) atoms. The van der Waals surface area contributed by atoms with Crippen LogP contribution in [0.15, 0.2) is 36.5 Å². The molecule has 1 aromatic carbocycles. The molecule has 0 aliphatic rings. The Morgan fingerprint density at radius 1 is 1.30 bits per heavy atom. The van der Waals surface area contributed by atoms with Gasteiger partial charge in [0.1, 0.15) is 12.4 Å². The fraction of sp³-hybridized carbons (Fsp3) is 0.400. The minimum absolute atomic E-state index is 0.306. The molecule has 0 aliphatic heterocycles. The van der Waals surface area contributed by atoms with E-state index >= 15 is 0 Å². The Morgan fingerprint density at radius 2 is 2.05 bits per heavy atom. The summed E-state index contributed by atoms with van der Waals surface area (Å²) in [6.07, 6.45) is 3.81. The molecule has 2 aromatic rings. The van der Waals surface area contributed by atoms with E-state index in [-0.39, 0.29) is 0 Å². The van der Waals surface area contributed by atoms with E-state index < -0.39 is 0 Å². The third kappa shape index (κ3) is 4.25. The highest BCUT2D eigenvalue weighted by molar-refractivity contribution is 6.30. The standard InChI is InChI=1S/C15H20ClN3O/c1-17-13(5-6-14-9-10-18-19(14)2)11-20-15-7-3-12(16)4-8-15/h3-4,7-10,13,17H,5-6,11H2,1-2H3. The summed E-state index contributed by atoms with van der Waals surface area (Å²) >= 11 is 5.85. The molecular formula is C15H20ClN3O. The van der Waals surface area contributed by atoms with Crippen molar-refractivity contribution in [3.63, 3.8) is 0 Å². The lowest BCUT2D eigenvalue weighted by Gasteiger charge is -2.17. The predicted molar refractivity (Wildman–Crippen MR) is 81.3 cm³/mol. The molecule has 0 bridgehead atoms. The van der Waals surface area contributed by atoms with Gasteiger partial charge in [-0.2, -0.15) is 5.10 Å². The Morgan fingerprint density at radius 3 is 2.65 bits per heavy atom. The monoisotopic (exact) mass is 293 g/mol. The average Bonchev–Trinajstić information content (AvgIpc) is 2.86. The van der Waals surface area contributed by atoms with Crippen LogP contribution in [0.2, 0.25) is 5.02 Å². The first kappa shape index (κ1) is 14.9. The number of aromatic nitrogens is 2. The maximum Gasteiger partial charge on any atom is 0.119 e. The first-order valence-electron chi connectivity index (χ1n) is 6.71. The van der Waals surface area contributed by atoms with Gasteiger partial charge in [-0.15, -0.1) is 0 Å². The molecule has 1 unspecified atom stereocenters. The van der Waals surface area contributed by atoms with Gasteiger partial charge in [0.2, 0.25) is 0 Å². The van der Waals surface area contributed by atoms with Crippen molar-refractivity contribution < 1.29 is 4.74 Å². The third-order valence-corrected chi connectivity index (χ3v) is 3.60. The van der Waals surface area contributed by atoms with Gasteiger partial charge in [-0.1, -0.05) is 11.6 Å². The number of ether oxygens (including phenoxy) is 1. The summed E-state index contributed by atoms with van der Waals surface area (Å²) in [4.78, 5) is 0. The lowest BCUT2D eigenvalue weighted by Crippen LogP contribution is -2.32. The fourth-order valence-corrected chi connectivity index (χ4v) is 2.13. The van der Waals surface area contributed by atoms with Gasteiger partial charge in [-0.3, -0.25) is 4.68 Å². The zero-order valence-electron chi connectivity index (χ0n) is 11.8. The van der Waals surface area contributed by atoms with Crippen molar-refractivity contribution >= 4 is 11.6 Å². The quantitative estimate of drug-likeness (QED) is 0.853. The van der Waals surface area contributed by atoms with Gasteiger partial charge in [0.05, 0.1) is 0 Å². The molecule has 1 N–H and O–H groups in total. The van der Waals surface area contributed by atoms with E-state index in [1.54, 1.807) is 0 Å². The van der Waals surface area contributed by atoms with Crippen LogP contribution in [0.3, 0.4) is 0 Å². The van der Waals surface area contributed by atoms with Crippen molar-refractivity contribution in [3.8, 4) is 5.75 Å². The number of likely N-dealkylation sites (N-methyl/N-ethyl adjacent to an activating group) is 1. The smallest absolute Gasteiger partial charge is 0.119 e. The number of hydrogen-bond donors (Lipinski definition) is 1. The molecule has 1 atom stereocenters. The molecule has 1 aromatic heterocycles. The van der Waals surface area contributed by atoms with Gasteiger partial charge >= 0.3 is 0 Å². The van der Waals surface area contributed by atoms with Crippen LogP contribution < -0.4 is 10.1 Å². The second kappa shape index (κ2) is 7.31. The van der Waals surface area contributed by atoms with Gasteiger partial charge in [0.25, 0.3) is 0 Å². The first-order valence-corrected chi connectivity index (χ1v) is 7.09. The second-order valence-corrected chi connectivity index (χ2v) is 5.17. The van der Waals surface area contributed by atoms with E-state index in [1.807, 2.05) is 55.3 Å². The summed E-state index contributed by atoms with van der Waals surface area (Å²) in [5, 5.41) is 8.18. The van der Waals surface area contributed by atoms with E-state index in [9.17, 15) is 0 Å². The summed E-state index contributed by atoms with van der Waals surface area (Å²) in [5.74, 6) is 0.843. The van der Waals surface area contributed by atoms with E-state index in [4.69, 9.17) is 16.3 Å². The highest BCUT2D eigenvalue weighted by atomic mass is 35.5. The number of rotatable bonds is 7. The van der Waals surface area contributed by atoms with Crippen molar-refractivity contribution in [1.29, 1.82) is 0 Å². The van der Waals surface area contributed by atoms with Gasteiger partial charge in [0, 0.05) is 30.0 Å². The minimum Gasteiger partial charge on any atom is -0.492 e. The molecule has 0 aliphatic carbocycles. The third-order valence-electron chi connectivity index (χ3n) is 3.34. The number of hydrogen-bond acceptors (Lipinski definition) is 3. The molecule has 0 amide bonds. The SMILES string of the molecule is CNC(CCc1ccnn1C)COc1ccc(Cl)cc1. The maximum absolute atomic E-state index is 5.85. The largest absolute Gasteiger partial charge is 0.492 e. The zero-order chi connectivity index (χ0) is 14.4. The van der Waals surface area contributed by atoms with Gasteiger partial charge in [-0.05, 0) is 50.2 Å². The van der Waals surface area contributed by atoms with Crippen molar-refractivity contribution in [2.75, 3.05) is 13.7 Å². The van der Waals surface area contributed by atoms with Crippen LogP contribution in [0, 0.1) is 0 Å². The molecule has 0 saturated carbocycles. The van der Waals surface area contributed by atoms with Crippen LogP contribution >= 0.6 is 11.6 Å². The predicted octanol–water partition coefficient (Wildman–Crippen LogP) is 2.67. The molecule has 5 heteroatoms. The van der Waals surface area contributed by atoms with Crippen LogP contribution in [-0.2, 0) is 13.5 Å². The molecule has 2 rings (SSSR count). The fourth-order valence-electron chi connectivity index (χ4n) is 2.01. The minimum atomic E-state index is 0.306. The van der Waals surface area contributed by atoms with Crippen LogP contribution in [0.25, 0.3) is 0 Å². The summed E-state index contributed by atoms with van der Waals surface area (Å²) in [5.41, 5.74) is 1.23. The van der Waals surface area contributed by atoms with Crippen LogP contribution in [-0.4, -0.2) is 29.5 Å². The lowest BCUT2D eigenvalue weighted by atomic mass is 10.1. The van der Waals surface area contributed by atoms with Crippen LogP contribution in [0.5, 0.6) is 5.75 Å². The van der Waals surface area contributed by atoms with E-state index in [1.165, 1.54) is 5.69 Å². The van der Waals surface area contributed by atoms with Gasteiger partial charge < -0.3 is 10.1 Å². The number of nitrogens with one attached hydrogen (secondary N) is 1. The van der Waals surface area contributed by atoms with E-state index in [0.29, 0.717) is 12.6 Å². The summed E-state index contributed by atoms with van der Waals surface area (Å²) in [7, 11) is 3.92. The number of halogens is 1. The molecule has 108 valence electrons. The normalized spacial score (nSPS) is 12.3. The van der Waals surface area contributed by atoms with Crippen molar-refractivity contribution in [2.45, 2.75) is 18.9 Å². The number of aryl methyl sites for hydroxylation is 2. The average molecular weight is 294 g/mol. The summed E-state index contributed by atoms with van der Waals surface area (Å²) in [6.45, 7) is 0.635. The molecular weight excluding hydrogens is 274 g/mol. The molecule has 0 radical (unpaired) electrons. The Labute approximate surface area is 124 Å². The highest BCUT2D eigenvalue weighted by Crippen LogP contribution is 2.16. The van der Waals surface area contributed by atoms with Crippen LogP contribution in [0.4, 0.5) is 0 Å². The molecule has 0 fully saturated rings. The molecule has 1 heterocycles. The van der Waals surface area contributed by atoms with Gasteiger partial charge in [-0.25, -0.2) is 0 Å². The Balaban J connectivity index is 1.80. The number of benzene rings is 1. The zero-order valence-corrected chi connectivity index (χ0v) is 12.6. The molecule has 4 nitrogen and oxygen atoms in total. The Hall–Kier alpha value is -1.52. The first-order chi connectivity index (χ1) is 9.69. The van der Waals surface area contributed by atoms with Gasteiger partial charge in [0.15, 0.2) is 0 Å². The van der Waals surface area contributed by atoms with Crippen molar-refractivity contribution in [1.82, 2.24) is 15.1 Å². The van der Waals surface area contributed by atoms with E-state index in [2.05, 4.69) is 10.4 Å². The van der Waals surface area contributed by atoms with Crippen molar-refractivity contribution in [3.05, 3.63) is 47.2 Å². The maximum atomic E-state index is 5.85. The van der Waals surface area contributed by atoms with Crippen molar-refractivity contribution in [2.24, 2.45) is 7.05 Å². The molecule has 0 saturated heterocycles. The molecule has 0 spiro atoms. The van der Waals surface area contributed by atoms with E-state index in [0.717, 1.165) is 23.6 Å². The summed E-state index contributed by atoms with van der Waals surface area (Å²) in [6, 6.07) is 9.79. The number of nitrogens with zero attached hydrogens (tertiary/aromatic N) is 2. The second-order valence-electron chi connectivity index (χ2n) is 4.74. The Kier molecular flexibility index (Phi) is 5.44.